The zero-order valence-corrected chi connectivity index (χ0v) is 10.5. The smallest absolute Gasteiger partial charge is 0.326 e. The molecule has 1 aliphatic rings. The van der Waals surface area contributed by atoms with Crippen LogP contribution in [-0.4, -0.2) is 59.4 Å². The second-order valence-electron chi connectivity index (χ2n) is 4.01. The molecule has 0 aromatic carbocycles. The average Bonchev–Trinajstić information content (AvgIpc) is 2.78. The Morgan fingerprint density at radius 2 is 2.29 bits per heavy atom. The average molecular weight is 261 g/mol. The van der Waals surface area contributed by atoms with Gasteiger partial charge >= 0.3 is 5.97 Å². The van der Waals surface area contributed by atoms with E-state index in [1.165, 1.54) is 4.90 Å². The predicted molar refractivity (Wildman–Crippen MR) is 67.1 cm³/mol. The molecule has 0 spiro atoms. The Morgan fingerprint density at radius 3 is 2.82 bits per heavy atom. The van der Waals surface area contributed by atoms with Gasteiger partial charge in [-0.1, -0.05) is 0 Å². The molecule has 0 aromatic heterocycles. The molecular weight excluding hydrogens is 242 g/mol. The van der Waals surface area contributed by atoms with E-state index in [4.69, 9.17) is 10.8 Å². The number of rotatable bonds is 6. The lowest BCUT2D eigenvalue weighted by Crippen LogP contribution is -2.51. The SMILES string of the molecule is NCCN[C@@H](CS)C(=O)N1CCC[C@H]1C(=O)O. The van der Waals surface area contributed by atoms with Crippen LogP contribution >= 0.6 is 12.6 Å². The molecule has 0 aromatic rings. The summed E-state index contributed by atoms with van der Waals surface area (Å²) in [6.45, 7) is 1.45. The van der Waals surface area contributed by atoms with Crippen molar-refractivity contribution in [3.05, 3.63) is 0 Å². The molecular formula is C10H19N3O3S. The van der Waals surface area contributed by atoms with E-state index in [0.29, 0.717) is 31.8 Å². The third kappa shape index (κ3) is 3.58. The Hall–Kier alpha value is -0.790. The molecule has 4 N–H and O–H groups in total. The second kappa shape index (κ2) is 6.83. The molecule has 0 unspecified atom stereocenters. The highest BCUT2D eigenvalue weighted by Crippen LogP contribution is 2.18. The highest BCUT2D eigenvalue weighted by molar-refractivity contribution is 7.80. The minimum absolute atomic E-state index is 0.196. The molecule has 17 heavy (non-hydrogen) atoms. The third-order valence-electron chi connectivity index (χ3n) is 2.84. The number of carboxylic acid groups (broad SMARTS) is 1. The van der Waals surface area contributed by atoms with Crippen molar-refractivity contribution in [1.29, 1.82) is 0 Å². The van der Waals surface area contributed by atoms with Gasteiger partial charge in [0.25, 0.3) is 0 Å². The first kappa shape index (κ1) is 14.3. The van der Waals surface area contributed by atoms with Crippen molar-refractivity contribution in [2.24, 2.45) is 5.73 Å². The normalized spacial score (nSPS) is 21.5. The summed E-state index contributed by atoms with van der Waals surface area (Å²) in [4.78, 5) is 24.5. The summed E-state index contributed by atoms with van der Waals surface area (Å²) in [7, 11) is 0. The highest BCUT2D eigenvalue weighted by Gasteiger charge is 2.36. The maximum Gasteiger partial charge on any atom is 0.326 e. The highest BCUT2D eigenvalue weighted by atomic mass is 32.1. The van der Waals surface area contributed by atoms with Gasteiger partial charge in [0.2, 0.25) is 5.91 Å². The number of nitrogens with zero attached hydrogens (tertiary/aromatic N) is 1. The first-order valence-corrected chi connectivity index (χ1v) is 6.32. The second-order valence-corrected chi connectivity index (χ2v) is 4.37. The van der Waals surface area contributed by atoms with Crippen LogP contribution in [0.4, 0.5) is 0 Å². The number of likely N-dealkylation sites (tertiary alicyclic amines) is 1. The van der Waals surface area contributed by atoms with Gasteiger partial charge in [-0.05, 0) is 12.8 Å². The van der Waals surface area contributed by atoms with Gasteiger partial charge in [-0.15, -0.1) is 0 Å². The van der Waals surface area contributed by atoms with Crippen molar-refractivity contribution < 1.29 is 14.7 Å². The maximum absolute atomic E-state index is 12.1. The number of carbonyl (C=O) groups is 2. The minimum Gasteiger partial charge on any atom is -0.480 e. The lowest BCUT2D eigenvalue weighted by Gasteiger charge is -2.26. The summed E-state index contributed by atoms with van der Waals surface area (Å²) in [6.07, 6.45) is 1.26. The number of thiol groups is 1. The van der Waals surface area contributed by atoms with Crippen molar-refractivity contribution in [1.82, 2.24) is 10.2 Å². The lowest BCUT2D eigenvalue weighted by atomic mass is 10.2. The van der Waals surface area contributed by atoms with Crippen molar-refractivity contribution >= 4 is 24.5 Å². The van der Waals surface area contributed by atoms with Crippen molar-refractivity contribution in [2.75, 3.05) is 25.4 Å². The largest absolute Gasteiger partial charge is 0.480 e. The predicted octanol–water partition coefficient (Wildman–Crippen LogP) is -1.09. The number of amides is 1. The Kier molecular flexibility index (Phi) is 5.73. The fourth-order valence-corrected chi connectivity index (χ4v) is 2.26. The van der Waals surface area contributed by atoms with Crippen LogP contribution in [0, 0.1) is 0 Å². The van der Waals surface area contributed by atoms with Crippen LogP contribution in [-0.2, 0) is 9.59 Å². The van der Waals surface area contributed by atoms with Gasteiger partial charge in [-0.2, -0.15) is 12.6 Å². The van der Waals surface area contributed by atoms with Gasteiger partial charge in [0.1, 0.15) is 6.04 Å². The summed E-state index contributed by atoms with van der Waals surface area (Å²) in [6, 6.07) is -1.15. The van der Waals surface area contributed by atoms with E-state index in [1.807, 2.05) is 0 Å². The Labute approximate surface area is 106 Å². The van der Waals surface area contributed by atoms with Crippen molar-refractivity contribution in [3.8, 4) is 0 Å². The van der Waals surface area contributed by atoms with Gasteiger partial charge in [0.05, 0.1) is 6.04 Å². The zero-order valence-electron chi connectivity index (χ0n) is 9.63. The van der Waals surface area contributed by atoms with Crippen molar-refractivity contribution in [3.63, 3.8) is 0 Å². The third-order valence-corrected chi connectivity index (χ3v) is 3.20. The number of nitrogens with two attached hydrogens (primary N) is 1. The van der Waals surface area contributed by atoms with Gasteiger partial charge in [-0.3, -0.25) is 4.79 Å². The van der Waals surface area contributed by atoms with Gasteiger partial charge in [0.15, 0.2) is 0 Å². The summed E-state index contributed by atoms with van der Waals surface area (Å²) in [5, 5.41) is 12.0. The maximum atomic E-state index is 12.1. The summed E-state index contributed by atoms with van der Waals surface area (Å²) >= 11 is 4.10. The van der Waals surface area contributed by atoms with E-state index in [0.717, 1.165) is 6.42 Å². The molecule has 1 heterocycles. The van der Waals surface area contributed by atoms with E-state index in [1.54, 1.807) is 0 Å². The van der Waals surface area contributed by atoms with Gasteiger partial charge < -0.3 is 21.1 Å². The number of hydrogen-bond donors (Lipinski definition) is 4. The van der Waals surface area contributed by atoms with Crippen LogP contribution in [0.5, 0.6) is 0 Å². The van der Waals surface area contributed by atoms with Gasteiger partial charge in [-0.25, -0.2) is 4.79 Å². The van der Waals surface area contributed by atoms with E-state index in [9.17, 15) is 9.59 Å². The molecule has 1 amide bonds. The van der Waals surface area contributed by atoms with Gasteiger partial charge in [0, 0.05) is 25.4 Å². The molecule has 1 aliphatic heterocycles. The Morgan fingerprint density at radius 1 is 1.59 bits per heavy atom. The molecule has 0 saturated carbocycles. The van der Waals surface area contributed by atoms with Crippen LogP contribution < -0.4 is 11.1 Å². The number of aliphatic carboxylic acids is 1. The van der Waals surface area contributed by atoms with Crippen LogP contribution in [0.25, 0.3) is 0 Å². The van der Waals surface area contributed by atoms with Crippen LogP contribution in [0.2, 0.25) is 0 Å². The number of nitrogens with one attached hydrogen (secondary N) is 1. The Balaban J connectivity index is 2.63. The first-order chi connectivity index (χ1) is 8.11. The quantitative estimate of drug-likeness (QED) is 0.456. The molecule has 7 heteroatoms. The van der Waals surface area contributed by atoms with E-state index >= 15 is 0 Å². The van der Waals surface area contributed by atoms with Crippen LogP contribution in [0.3, 0.4) is 0 Å². The number of hydrogen-bond acceptors (Lipinski definition) is 5. The van der Waals surface area contributed by atoms with E-state index in [2.05, 4.69) is 17.9 Å². The molecule has 0 aliphatic carbocycles. The molecule has 1 rings (SSSR count). The molecule has 1 fully saturated rings. The van der Waals surface area contributed by atoms with Crippen molar-refractivity contribution in [2.45, 2.75) is 24.9 Å². The summed E-state index contributed by atoms with van der Waals surface area (Å²) in [5.41, 5.74) is 5.35. The topological polar surface area (TPSA) is 95.7 Å². The van der Waals surface area contributed by atoms with E-state index < -0.39 is 18.1 Å². The molecule has 98 valence electrons. The zero-order chi connectivity index (χ0) is 12.8. The summed E-state index contributed by atoms with van der Waals surface area (Å²) < 4.78 is 0. The number of carboxylic acids is 1. The number of carbonyl (C=O) groups excluding carboxylic acids is 1. The lowest BCUT2D eigenvalue weighted by molar-refractivity contribution is -0.148. The Bertz CT molecular complexity index is 288. The standard InChI is InChI=1S/C10H19N3O3S/c11-3-4-12-7(6-17)9(14)13-5-1-2-8(13)10(15)16/h7-8,12,17H,1-6,11H2,(H,15,16)/t7-,8-/m0/s1. The first-order valence-electron chi connectivity index (χ1n) is 5.69. The monoisotopic (exact) mass is 261 g/mol. The molecule has 0 bridgehead atoms. The molecule has 6 nitrogen and oxygen atoms in total. The van der Waals surface area contributed by atoms with Crippen LogP contribution in [0.15, 0.2) is 0 Å². The van der Waals surface area contributed by atoms with E-state index in [-0.39, 0.29) is 5.91 Å². The minimum atomic E-state index is -0.937. The summed E-state index contributed by atoms with van der Waals surface area (Å²) in [5.74, 6) is -0.798. The fourth-order valence-electron chi connectivity index (χ4n) is 1.97. The fraction of sp³-hybridized carbons (Fsp3) is 0.800. The van der Waals surface area contributed by atoms with Crippen LogP contribution in [0.1, 0.15) is 12.8 Å². The molecule has 0 radical (unpaired) electrons. The molecule has 1 saturated heterocycles. The molecule has 2 atom stereocenters.